The fraction of sp³-hybridized carbons (Fsp3) is 0.364. The van der Waals surface area contributed by atoms with Gasteiger partial charge in [0.25, 0.3) is 5.91 Å². The lowest BCUT2D eigenvalue weighted by Gasteiger charge is -2.25. The first-order chi connectivity index (χ1) is 14.6. The summed E-state index contributed by atoms with van der Waals surface area (Å²) < 4.78 is 26.1. The van der Waals surface area contributed by atoms with Gasteiger partial charge in [0.1, 0.15) is 24.5 Å². The predicted molar refractivity (Wildman–Crippen MR) is 116 cm³/mol. The maximum absolute atomic E-state index is 14.2. The predicted octanol–water partition coefficient (Wildman–Crippen LogP) is 4.20. The second-order valence-corrected chi connectivity index (χ2v) is 7.93. The first kappa shape index (κ1) is 20.6. The standard InChI is InChI=1S/C22H24FN3O3S/c1-3-25(4-2)10-11-26(22-24-20-16(23)6-5-7-19(20)30-22)21(27)15-8-9-17-18(14-15)29-13-12-28-17/h5-9,14H,3-4,10-13H2,1-2H3. The van der Waals surface area contributed by atoms with Gasteiger partial charge in [0, 0.05) is 18.7 Å². The molecule has 158 valence electrons. The third-order valence-electron chi connectivity index (χ3n) is 5.16. The second kappa shape index (κ2) is 8.97. The summed E-state index contributed by atoms with van der Waals surface area (Å²) in [5.41, 5.74) is 0.777. The number of hydrogen-bond donors (Lipinski definition) is 0. The smallest absolute Gasteiger partial charge is 0.260 e. The number of thiazole rings is 1. The highest BCUT2D eigenvalue weighted by Gasteiger charge is 2.24. The molecule has 0 atom stereocenters. The van der Waals surface area contributed by atoms with Crippen LogP contribution in [-0.4, -0.2) is 55.2 Å². The lowest BCUT2D eigenvalue weighted by molar-refractivity contribution is 0.0982. The van der Waals surface area contributed by atoms with Crippen LogP contribution in [0.25, 0.3) is 10.2 Å². The molecule has 1 aliphatic heterocycles. The number of anilines is 1. The molecular formula is C22H24FN3O3S. The van der Waals surface area contributed by atoms with Crippen molar-refractivity contribution in [3.05, 3.63) is 47.8 Å². The molecule has 0 saturated carbocycles. The molecule has 30 heavy (non-hydrogen) atoms. The Hall–Kier alpha value is -2.71. The second-order valence-electron chi connectivity index (χ2n) is 6.93. The normalized spacial score (nSPS) is 13.1. The number of ether oxygens (including phenoxy) is 2. The van der Waals surface area contributed by atoms with Gasteiger partial charge in [-0.25, -0.2) is 9.37 Å². The molecule has 4 rings (SSSR count). The molecule has 0 N–H and O–H groups in total. The quantitative estimate of drug-likeness (QED) is 0.564. The summed E-state index contributed by atoms with van der Waals surface area (Å²) in [6, 6.07) is 10.0. The summed E-state index contributed by atoms with van der Waals surface area (Å²) in [5, 5.41) is 0.488. The van der Waals surface area contributed by atoms with Crippen molar-refractivity contribution in [2.24, 2.45) is 0 Å². The van der Waals surface area contributed by atoms with E-state index in [2.05, 4.69) is 23.7 Å². The van der Waals surface area contributed by atoms with Gasteiger partial charge in [-0.05, 0) is 43.4 Å². The number of halogens is 1. The van der Waals surface area contributed by atoms with Gasteiger partial charge in [-0.15, -0.1) is 0 Å². The zero-order chi connectivity index (χ0) is 21.1. The van der Waals surface area contributed by atoms with Gasteiger partial charge in [-0.2, -0.15) is 0 Å². The van der Waals surface area contributed by atoms with Crippen LogP contribution < -0.4 is 14.4 Å². The molecule has 0 bridgehead atoms. The van der Waals surface area contributed by atoms with Crippen LogP contribution in [0.4, 0.5) is 9.52 Å². The van der Waals surface area contributed by atoms with E-state index in [1.54, 1.807) is 29.2 Å². The number of likely N-dealkylation sites (N-methyl/N-ethyl adjacent to an activating group) is 1. The van der Waals surface area contributed by atoms with Crippen LogP contribution >= 0.6 is 11.3 Å². The van der Waals surface area contributed by atoms with Crippen molar-refractivity contribution in [2.45, 2.75) is 13.8 Å². The molecule has 1 amide bonds. The minimum absolute atomic E-state index is 0.196. The Bertz CT molecular complexity index is 1050. The number of fused-ring (bicyclic) bond motifs is 2. The lowest BCUT2D eigenvalue weighted by atomic mass is 10.1. The summed E-state index contributed by atoms with van der Waals surface area (Å²) in [5.74, 6) is 0.616. The first-order valence-electron chi connectivity index (χ1n) is 10.1. The van der Waals surface area contributed by atoms with Crippen LogP contribution in [0.15, 0.2) is 36.4 Å². The van der Waals surface area contributed by atoms with Crippen molar-refractivity contribution in [2.75, 3.05) is 44.3 Å². The van der Waals surface area contributed by atoms with E-state index in [0.717, 1.165) is 13.1 Å². The third-order valence-corrected chi connectivity index (χ3v) is 6.20. The van der Waals surface area contributed by atoms with Gasteiger partial charge in [0.2, 0.25) is 0 Å². The highest BCUT2D eigenvalue weighted by Crippen LogP contribution is 2.34. The van der Waals surface area contributed by atoms with Gasteiger partial charge in [0.15, 0.2) is 16.6 Å². The van der Waals surface area contributed by atoms with E-state index in [4.69, 9.17) is 9.47 Å². The molecule has 0 fully saturated rings. The van der Waals surface area contributed by atoms with Crippen molar-refractivity contribution in [3.8, 4) is 11.5 Å². The highest BCUT2D eigenvalue weighted by atomic mass is 32.1. The number of rotatable bonds is 7. The molecule has 6 nitrogen and oxygen atoms in total. The van der Waals surface area contributed by atoms with Gasteiger partial charge in [-0.1, -0.05) is 31.3 Å². The van der Waals surface area contributed by atoms with E-state index in [0.29, 0.717) is 58.7 Å². The van der Waals surface area contributed by atoms with Gasteiger partial charge in [0.05, 0.1) is 4.70 Å². The van der Waals surface area contributed by atoms with Crippen molar-refractivity contribution >= 4 is 32.6 Å². The van der Waals surface area contributed by atoms with Crippen LogP contribution in [0, 0.1) is 5.82 Å². The van der Waals surface area contributed by atoms with Crippen LogP contribution in [0.5, 0.6) is 11.5 Å². The van der Waals surface area contributed by atoms with E-state index in [1.165, 1.54) is 17.4 Å². The molecule has 2 heterocycles. The zero-order valence-corrected chi connectivity index (χ0v) is 17.9. The van der Waals surface area contributed by atoms with Crippen LogP contribution in [0.3, 0.4) is 0 Å². The van der Waals surface area contributed by atoms with E-state index >= 15 is 0 Å². The fourth-order valence-electron chi connectivity index (χ4n) is 3.42. The van der Waals surface area contributed by atoms with Crippen LogP contribution in [0.1, 0.15) is 24.2 Å². The number of amides is 1. The first-order valence-corrected chi connectivity index (χ1v) is 10.9. The Morgan fingerprint density at radius 2 is 1.87 bits per heavy atom. The van der Waals surface area contributed by atoms with Crippen LogP contribution in [0.2, 0.25) is 0 Å². The summed E-state index contributed by atoms with van der Waals surface area (Å²) in [6.07, 6.45) is 0. The molecule has 0 saturated heterocycles. The maximum atomic E-state index is 14.2. The Balaban J connectivity index is 1.68. The van der Waals surface area contributed by atoms with E-state index < -0.39 is 0 Å². The van der Waals surface area contributed by atoms with Crippen molar-refractivity contribution in [1.82, 2.24) is 9.88 Å². The van der Waals surface area contributed by atoms with Crippen molar-refractivity contribution < 1.29 is 18.7 Å². The average Bonchev–Trinajstić information content (AvgIpc) is 3.21. The fourth-order valence-corrected chi connectivity index (χ4v) is 4.42. The molecular weight excluding hydrogens is 405 g/mol. The molecule has 0 unspecified atom stereocenters. The largest absolute Gasteiger partial charge is 0.486 e. The lowest BCUT2D eigenvalue weighted by Crippen LogP contribution is -2.39. The minimum Gasteiger partial charge on any atom is -0.486 e. The van der Waals surface area contributed by atoms with Gasteiger partial charge >= 0.3 is 0 Å². The van der Waals surface area contributed by atoms with Crippen molar-refractivity contribution in [3.63, 3.8) is 0 Å². The SMILES string of the molecule is CCN(CC)CCN(C(=O)c1ccc2c(c1)OCCO2)c1nc2c(F)cccc2s1. The monoisotopic (exact) mass is 429 g/mol. The third kappa shape index (κ3) is 4.11. The molecule has 2 aromatic carbocycles. The van der Waals surface area contributed by atoms with E-state index in [1.807, 2.05) is 6.07 Å². The number of para-hydroxylation sites is 1. The molecule has 0 aliphatic carbocycles. The molecule has 1 aromatic heterocycles. The number of carbonyl (C=O) groups excluding carboxylic acids is 1. The number of hydrogen-bond acceptors (Lipinski definition) is 6. The maximum Gasteiger partial charge on any atom is 0.260 e. The molecule has 0 spiro atoms. The van der Waals surface area contributed by atoms with Gasteiger partial charge < -0.3 is 14.4 Å². The highest BCUT2D eigenvalue weighted by molar-refractivity contribution is 7.22. The summed E-state index contributed by atoms with van der Waals surface area (Å²) in [7, 11) is 0. The Labute approximate surface area is 178 Å². The zero-order valence-electron chi connectivity index (χ0n) is 17.1. The number of carbonyl (C=O) groups is 1. The van der Waals surface area contributed by atoms with Crippen LogP contribution in [-0.2, 0) is 0 Å². The van der Waals surface area contributed by atoms with Crippen molar-refractivity contribution in [1.29, 1.82) is 0 Å². The minimum atomic E-state index is -0.384. The van der Waals surface area contributed by atoms with Gasteiger partial charge in [-0.3, -0.25) is 9.69 Å². The summed E-state index contributed by atoms with van der Waals surface area (Å²) in [6.45, 7) is 8.04. The summed E-state index contributed by atoms with van der Waals surface area (Å²) >= 11 is 1.32. The van der Waals surface area contributed by atoms with E-state index in [-0.39, 0.29) is 11.7 Å². The summed E-state index contributed by atoms with van der Waals surface area (Å²) in [4.78, 5) is 21.8. The Morgan fingerprint density at radius 3 is 2.60 bits per heavy atom. The Kier molecular flexibility index (Phi) is 6.15. The topological polar surface area (TPSA) is 54.9 Å². The molecule has 0 radical (unpaired) electrons. The number of nitrogens with zero attached hydrogens (tertiary/aromatic N) is 3. The average molecular weight is 430 g/mol. The number of aromatic nitrogens is 1. The molecule has 3 aromatic rings. The molecule has 1 aliphatic rings. The Morgan fingerprint density at radius 1 is 1.10 bits per heavy atom. The van der Waals surface area contributed by atoms with E-state index in [9.17, 15) is 9.18 Å². The number of benzene rings is 2. The molecule has 8 heteroatoms.